The van der Waals surface area contributed by atoms with Gasteiger partial charge in [0.2, 0.25) is 0 Å². The Balaban J connectivity index is 2.48. The fraction of sp³-hybridized carbons (Fsp3) is 0.455. The summed E-state index contributed by atoms with van der Waals surface area (Å²) in [4.78, 5) is 10.7. The summed E-state index contributed by atoms with van der Waals surface area (Å²) >= 11 is 0. The Bertz CT molecular complexity index is 290. The van der Waals surface area contributed by atoms with Gasteiger partial charge in [-0.05, 0) is 31.4 Å². The molecule has 0 bridgehead atoms. The van der Waals surface area contributed by atoms with Crippen LogP contribution in [0.1, 0.15) is 26.2 Å². The summed E-state index contributed by atoms with van der Waals surface area (Å²) in [5.41, 5.74) is 2.02. The molecule has 0 radical (unpaired) electrons. The maximum absolute atomic E-state index is 10.7. The molecule has 0 heterocycles. The van der Waals surface area contributed by atoms with Crippen LogP contribution in [0.4, 0.5) is 0 Å². The molecule has 0 aromatic heterocycles. The van der Waals surface area contributed by atoms with E-state index in [1.165, 1.54) is 6.21 Å². The largest absolute Gasteiger partial charge is 0.384 e. The zero-order valence-corrected chi connectivity index (χ0v) is 8.47. The molecule has 0 atom stereocenters. The summed E-state index contributed by atoms with van der Waals surface area (Å²) in [6.07, 6.45) is 7.93. The lowest BCUT2D eigenvalue weighted by molar-refractivity contribution is -0.116. The molecule has 3 nitrogen and oxygen atoms in total. The average Bonchev–Trinajstić information content (AvgIpc) is 2.18. The molecule has 3 heteroatoms. The van der Waals surface area contributed by atoms with Crippen LogP contribution in [-0.4, -0.2) is 18.5 Å². The lowest BCUT2D eigenvalue weighted by atomic mass is 10.0. The molecule has 0 fully saturated rings. The number of hydrogen-bond donors (Lipinski definition) is 2. The SMILES string of the molecule is CC(=O)CCNC1=C(C=N)CCC=C1. The Kier molecular flexibility index (Phi) is 4.11. The molecule has 0 aliphatic heterocycles. The van der Waals surface area contributed by atoms with Crippen LogP contribution in [-0.2, 0) is 4.79 Å². The van der Waals surface area contributed by atoms with E-state index < -0.39 is 0 Å². The highest BCUT2D eigenvalue weighted by Gasteiger charge is 2.05. The number of carbonyl (C=O) groups is 1. The van der Waals surface area contributed by atoms with Gasteiger partial charge in [0.1, 0.15) is 5.78 Å². The van der Waals surface area contributed by atoms with Gasteiger partial charge in [0.25, 0.3) is 0 Å². The quantitative estimate of drug-likeness (QED) is 0.653. The maximum Gasteiger partial charge on any atom is 0.131 e. The molecule has 14 heavy (non-hydrogen) atoms. The van der Waals surface area contributed by atoms with E-state index in [4.69, 9.17) is 5.41 Å². The molecule has 0 unspecified atom stereocenters. The van der Waals surface area contributed by atoms with E-state index in [1.54, 1.807) is 6.92 Å². The van der Waals surface area contributed by atoms with Crippen molar-refractivity contribution >= 4 is 12.0 Å². The topological polar surface area (TPSA) is 53.0 Å². The number of rotatable bonds is 5. The lowest BCUT2D eigenvalue weighted by Gasteiger charge is -2.13. The third kappa shape index (κ3) is 3.17. The molecule has 0 amide bonds. The first-order valence-corrected chi connectivity index (χ1v) is 4.87. The Morgan fingerprint density at radius 1 is 1.71 bits per heavy atom. The Morgan fingerprint density at radius 2 is 2.50 bits per heavy atom. The van der Waals surface area contributed by atoms with Crippen LogP contribution in [0.25, 0.3) is 0 Å². The predicted molar refractivity (Wildman–Crippen MR) is 57.5 cm³/mol. The van der Waals surface area contributed by atoms with Gasteiger partial charge in [-0.1, -0.05) is 6.08 Å². The van der Waals surface area contributed by atoms with Crippen LogP contribution < -0.4 is 5.32 Å². The Morgan fingerprint density at radius 3 is 3.14 bits per heavy atom. The third-order valence-corrected chi connectivity index (χ3v) is 2.18. The van der Waals surface area contributed by atoms with Crippen molar-refractivity contribution in [3.05, 3.63) is 23.4 Å². The van der Waals surface area contributed by atoms with Crippen molar-refractivity contribution in [1.82, 2.24) is 5.32 Å². The smallest absolute Gasteiger partial charge is 0.131 e. The first-order valence-electron chi connectivity index (χ1n) is 4.87. The number of carbonyl (C=O) groups excluding carboxylic acids is 1. The fourth-order valence-electron chi connectivity index (χ4n) is 1.38. The molecule has 2 N–H and O–H groups in total. The van der Waals surface area contributed by atoms with E-state index in [0.717, 1.165) is 24.1 Å². The van der Waals surface area contributed by atoms with Crippen molar-refractivity contribution < 1.29 is 4.79 Å². The van der Waals surface area contributed by atoms with E-state index in [0.29, 0.717) is 13.0 Å². The minimum atomic E-state index is 0.189. The highest BCUT2D eigenvalue weighted by atomic mass is 16.1. The van der Waals surface area contributed by atoms with Gasteiger partial charge in [0, 0.05) is 24.9 Å². The number of nitrogens with one attached hydrogen (secondary N) is 2. The van der Waals surface area contributed by atoms with E-state index in [9.17, 15) is 4.79 Å². The summed E-state index contributed by atoms with van der Waals surface area (Å²) in [6, 6.07) is 0. The summed E-state index contributed by atoms with van der Waals surface area (Å²) in [5.74, 6) is 0.189. The van der Waals surface area contributed by atoms with Crippen molar-refractivity contribution in [1.29, 1.82) is 5.41 Å². The molecule has 0 aromatic carbocycles. The second kappa shape index (κ2) is 5.37. The molecular weight excluding hydrogens is 176 g/mol. The Labute approximate surface area is 84.4 Å². The van der Waals surface area contributed by atoms with Crippen LogP contribution in [0.15, 0.2) is 23.4 Å². The average molecular weight is 192 g/mol. The molecule has 0 spiro atoms. The number of hydrogen-bond acceptors (Lipinski definition) is 3. The van der Waals surface area contributed by atoms with Gasteiger partial charge in [-0.3, -0.25) is 4.79 Å². The molecule has 1 aliphatic carbocycles. The number of Topliss-reactive ketones (excluding diaryl/α,β-unsaturated/α-hetero) is 1. The molecule has 0 saturated heterocycles. The van der Waals surface area contributed by atoms with E-state index in [2.05, 4.69) is 11.4 Å². The third-order valence-electron chi connectivity index (χ3n) is 2.18. The Hall–Kier alpha value is -1.38. The van der Waals surface area contributed by atoms with Crippen LogP contribution in [0.3, 0.4) is 0 Å². The number of ketones is 1. The zero-order valence-electron chi connectivity index (χ0n) is 8.47. The summed E-state index contributed by atoms with van der Waals surface area (Å²) in [6.45, 7) is 2.25. The van der Waals surface area contributed by atoms with Crippen LogP contribution in [0, 0.1) is 5.41 Å². The fourth-order valence-corrected chi connectivity index (χ4v) is 1.38. The zero-order chi connectivity index (χ0) is 10.4. The lowest BCUT2D eigenvalue weighted by Crippen LogP contribution is -2.19. The van der Waals surface area contributed by atoms with Gasteiger partial charge in [-0.25, -0.2) is 0 Å². The normalized spacial score (nSPS) is 15.5. The van der Waals surface area contributed by atoms with Crippen molar-refractivity contribution in [2.24, 2.45) is 0 Å². The molecule has 1 aliphatic rings. The summed E-state index contributed by atoms with van der Waals surface area (Å²) in [5, 5.41) is 10.4. The number of allylic oxidation sites excluding steroid dienone is 3. The minimum Gasteiger partial charge on any atom is -0.384 e. The van der Waals surface area contributed by atoms with E-state index >= 15 is 0 Å². The van der Waals surface area contributed by atoms with Crippen LogP contribution in [0.5, 0.6) is 0 Å². The first kappa shape index (κ1) is 10.7. The van der Waals surface area contributed by atoms with Gasteiger partial charge >= 0.3 is 0 Å². The van der Waals surface area contributed by atoms with Crippen molar-refractivity contribution in [3.63, 3.8) is 0 Å². The van der Waals surface area contributed by atoms with Crippen LogP contribution in [0.2, 0.25) is 0 Å². The standard InChI is InChI=1S/C11H16N2O/c1-9(14)6-7-13-11-5-3-2-4-10(11)8-12/h3,5,8,12-13H,2,4,6-7H2,1H3. The van der Waals surface area contributed by atoms with E-state index in [-0.39, 0.29) is 5.78 Å². The maximum atomic E-state index is 10.7. The molecule has 76 valence electrons. The molecule has 0 aromatic rings. The van der Waals surface area contributed by atoms with E-state index in [1.807, 2.05) is 6.08 Å². The van der Waals surface area contributed by atoms with Crippen molar-refractivity contribution in [2.75, 3.05) is 6.54 Å². The van der Waals surface area contributed by atoms with Gasteiger partial charge in [0.05, 0.1) is 0 Å². The van der Waals surface area contributed by atoms with Crippen LogP contribution >= 0.6 is 0 Å². The molecular formula is C11H16N2O. The molecule has 0 saturated carbocycles. The molecule has 1 rings (SSSR count). The second-order valence-electron chi connectivity index (χ2n) is 3.40. The van der Waals surface area contributed by atoms with Gasteiger partial charge in [0.15, 0.2) is 0 Å². The monoisotopic (exact) mass is 192 g/mol. The minimum absolute atomic E-state index is 0.189. The highest BCUT2D eigenvalue weighted by Crippen LogP contribution is 2.14. The van der Waals surface area contributed by atoms with Gasteiger partial charge in [-0.2, -0.15) is 0 Å². The van der Waals surface area contributed by atoms with Crippen molar-refractivity contribution in [2.45, 2.75) is 26.2 Å². The first-order chi connectivity index (χ1) is 6.74. The second-order valence-corrected chi connectivity index (χ2v) is 3.40. The predicted octanol–water partition coefficient (Wildman–Crippen LogP) is 1.81. The van der Waals surface area contributed by atoms with Crippen molar-refractivity contribution in [3.8, 4) is 0 Å². The van der Waals surface area contributed by atoms with Gasteiger partial charge < -0.3 is 10.7 Å². The highest BCUT2D eigenvalue weighted by molar-refractivity contribution is 5.78. The summed E-state index contributed by atoms with van der Waals surface area (Å²) < 4.78 is 0. The summed E-state index contributed by atoms with van der Waals surface area (Å²) in [7, 11) is 0. The van der Waals surface area contributed by atoms with Gasteiger partial charge in [-0.15, -0.1) is 0 Å².